The molecule has 1 aliphatic carbocycles. The molecular formula is C19H20ClFN2O2. The van der Waals surface area contributed by atoms with Crippen LogP contribution in [-0.2, 0) is 16.0 Å². The summed E-state index contributed by atoms with van der Waals surface area (Å²) in [6.07, 6.45) is 1.29. The SMILES string of the molecule is CNc1ccc(Cl)c(F)c1.C[C@H]1Cc2ccccc2C1NC(=O)C=O. The lowest BCUT2D eigenvalue weighted by atomic mass is 10.0. The zero-order chi connectivity index (χ0) is 18.4. The van der Waals surface area contributed by atoms with Crippen LogP contribution in [0.15, 0.2) is 42.5 Å². The molecule has 0 radical (unpaired) electrons. The number of amides is 1. The van der Waals surface area contributed by atoms with Crippen LogP contribution in [0.4, 0.5) is 10.1 Å². The topological polar surface area (TPSA) is 58.2 Å². The van der Waals surface area contributed by atoms with Crippen LogP contribution in [0.5, 0.6) is 0 Å². The van der Waals surface area contributed by atoms with E-state index in [1.165, 1.54) is 17.7 Å². The van der Waals surface area contributed by atoms with Crippen LogP contribution in [0.2, 0.25) is 5.02 Å². The summed E-state index contributed by atoms with van der Waals surface area (Å²) in [4.78, 5) is 21.3. The Morgan fingerprint density at radius 2 is 2.00 bits per heavy atom. The average Bonchev–Trinajstić information content (AvgIpc) is 2.93. The molecule has 1 amide bonds. The third-order valence-corrected chi connectivity index (χ3v) is 4.42. The minimum atomic E-state index is -0.538. The first-order chi connectivity index (χ1) is 12.0. The minimum Gasteiger partial charge on any atom is -0.388 e. The van der Waals surface area contributed by atoms with Crippen molar-refractivity contribution < 1.29 is 14.0 Å². The maximum atomic E-state index is 12.6. The zero-order valence-electron chi connectivity index (χ0n) is 14.1. The second-order valence-electron chi connectivity index (χ2n) is 5.86. The van der Waals surface area contributed by atoms with Crippen molar-refractivity contribution in [3.63, 3.8) is 0 Å². The van der Waals surface area contributed by atoms with E-state index in [2.05, 4.69) is 23.6 Å². The first kappa shape index (κ1) is 18.9. The fourth-order valence-corrected chi connectivity index (χ4v) is 2.97. The standard InChI is InChI=1S/C12H13NO2.C7H7ClFN/c1-8-6-9-4-2-3-5-10(9)12(8)13-11(15)7-14;1-10-5-2-3-6(8)7(9)4-5/h2-5,7-8,12H,6H2,1H3,(H,13,15);2-4,10H,1H3/t8-,12?;/m0./s1. The van der Waals surface area contributed by atoms with Crippen molar-refractivity contribution in [1.82, 2.24) is 5.32 Å². The number of hydrogen-bond acceptors (Lipinski definition) is 3. The van der Waals surface area contributed by atoms with Crippen molar-refractivity contribution in [3.8, 4) is 0 Å². The molecule has 4 nitrogen and oxygen atoms in total. The Hall–Kier alpha value is -2.40. The van der Waals surface area contributed by atoms with Gasteiger partial charge in [0.2, 0.25) is 6.29 Å². The quantitative estimate of drug-likeness (QED) is 0.645. The van der Waals surface area contributed by atoms with Gasteiger partial charge in [-0.05, 0) is 41.7 Å². The van der Waals surface area contributed by atoms with Crippen molar-refractivity contribution in [2.75, 3.05) is 12.4 Å². The Kier molecular flexibility index (Phi) is 6.53. The predicted octanol–water partition coefficient (Wildman–Crippen LogP) is 3.76. The zero-order valence-corrected chi connectivity index (χ0v) is 14.8. The number of carbonyl (C=O) groups excluding carboxylic acids is 2. The Bertz CT molecular complexity index is 767. The van der Waals surface area contributed by atoms with Crippen molar-refractivity contribution in [3.05, 3.63) is 64.4 Å². The van der Waals surface area contributed by atoms with Gasteiger partial charge in [0, 0.05) is 12.7 Å². The molecule has 0 fully saturated rings. The molecule has 1 unspecified atom stereocenters. The van der Waals surface area contributed by atoms with Crippen molar-refractivity contribution >= 4 is 29.5 Å². The number of nitrogens with one attached hydrogen (secondary N) is 2. The number of anilines is 1. The Morgan fingerprint density at radius 1 is 1.28 bits per heavy atom. The van der Waals surface area contributed by atoms with Gasteiger partial charge in [-0.1, -0.05) is 42.8 Å². The molecule has 25 heavy (non-hydrogen) atoms. The minimum absolute atomic E-state index is 0.0149. The molecule has 0 bridgehead atoms. The molecule has 0 heterocycles. The van der Waals surface area contributed by atoms with E-state index in [9.17, 15) is 14.0 Å². The molecule has 0 aromatic heterocycles. The van der Waals surface area contributed by atoms with E-state index in [4.69, 9.17) is 11.6 Å². The fourth-order valence-electron chi connectivity index (χ4n) is 2.85. The van der Waals surface area contributed by atoms with E-state index in [0.29, 0.717) is 12.2 Å². The molecule has 2 aromatic rings. The lowest BCUT2D eigenvalue weighted by Crippen LogP contribution is -2.31. The smallest absolute Gasteiger partial charge is 0.284 e. The number of hydrogen-bond donors (Lipinski definition) is 2. The van der Waals surface area contributed by atoms with Gasteiger partial charge in [-0.15, -0.1) is 0 Å². The van der Waals surface area contributed by atoms with Gasteiger partial charge in [0.25, 0.3) is 5.91 Å². The van der Waals surface area contributed by atoms with Crippen LogP contribution >= 0.6 is 11.6 Å². The summed E-state index contributed by atoms with van der Waals surface area (Å²) in [5.41, 5.74) is 3.13. The Balaban J connectivity index is 0.000000196. The molecule has 2 aromatic carbocycles. The van der Waals surface area contributed by atoms with Gasteiger partial charge in [0.15, 0.2) is 0 Å². The molecule has 0 saturated heterocycles. The van der Waals surface area contributed by atoms with Gasteiger partial charge in [-0.2, -0.15) is 0 Å². The maximum Gasteiger partial charge on any atom is 0.284 e. The van der Waals surface area contributed by atoms with Crippen LogP contribution < -0.4 is 10.6 Å². The van der Waals surface area contributed by atoms with E-state index in [0.717, 1.165) is 17.7 Å². The molecule has 2 atom stereocenters. The van der Waals surface area contributed by atoms with E-state index in [1.54, 1.807) is 13.1 Å². The summed E-state index contributed by atoms with van der Waals surface area (Å²) < 4.78 is 12.6. The average molecular weight is 363 g/mol. The van der Waals surface area contributed by atoms with Gasteiger partial charge in [-0.3, -0.25) is 9.59 Å². The van der Waals surface area contributed by atoms with Gasteiger partial charge in [0.1, 0.15) is 5.82 Å². The highest BCUT2D eigenvalue weighted by Crippen LogP contribution is 2.35. The van der Waals surface area contributed by atoms with Crippen LogP contribution in [0.25, 0.3) is 0 Å². The number of rotatable bonds is 3. The summed E-state index contributed by atoms with van der Waals surface area (Å²) in [5, 5.41) is 5.68. The lowest BCUT2D eigenvalue weighted by Gasteiger charge is -2.16. The highest BCUT2D eigenvalue weighted by Gasteiger charge is 2.29. The number of aldehydes is 1. The monoisotopic (exact) mass is 362 g/mol. The molecule has 6 heteroatoms. The summed E-state index contributed by atoms with van der Waals surface area (Å²) in [5.74, 6) is -0.580. The third kappa shape index (κ3) is 4.79. The number of halogens is 2. The molecule has 1 aliphatic rings. The first-order valence-corrected chi connectivity index (χ1v) is 8.30. The third-order valence-electron chi connectivity index (χ3n) is 4.11. The van der Waals surface area contributed by atoms with E-state index < -0.39 is 11.7 Å². The largest absolute Gasteiger partial charge is 0.388 e. The lowest BCUT2D eigenvalue weighted by molar-refractivity contribution is -0.132. The highest BCUT2D eigenvalue weighted by atomic mass is 35.5. The summed E-state index contributed by atoms with van der Waals surface area (Å²) in [6.45, 7) is 2.08. The number of fused-ring (bicyclic) bond motifs is 1. The number of benzene rings is 2. The Labute approximate surface area is 151 Å². The second kappa shape index (κ2) is 8.62. The molecule has 3 rings (SSSR count). The molecule has 0 saturated carbocycles. The van der Waals surface area contributed by atoms with Crippen molar-refractivity contribution in [2.45, 2.75) is 19.4 Å². The van der Waals surface area contributed by atoms with Crippen LogP contribution in [-0.4, -0.2) is 19.2 Å². The highest BCUT2D eigenvalue weighted by molar-refractivity contribution is 6.30. The molecule has 2 N–H and O–H groups in total. The second-order valence-corrected chi connectivity index (χ2v) is 6.27. The predicted molar refractivity (Wildman–Crippen MR) is 97.2 cm³/mol. The summed E-state index contributed by atoms with van der Waals surface area (Å²) in [7, 11) is 1.72. The number of carbonyl (C=O) groups is 2. The van der Waals surface area contributed by atoms with Gasteiger partial charge < -0.3 is 10.6 Å². The van der Waals surface area contributed by atoms with Crippen LogP contribution in [0.3, 0.4) is 0 Å². The van der Waals surface area contributed by atoms with Crippen LogP contribution in [0.1, 0.15) is 24.1 Å². The fraction of sp³-hybridized carbons (Fsp3) is 0.263. The van der Waals surface area contributed by atoms with Gasteiger partial charge >= 0.3 is 0 Å². The van der Waals surface area contributed by atoms with E-state index in [-0.39, 0.29) is 11.1 Å². The summed E-state index contributed by atoms with van der Waals surface area (Å²) >= 11 is 5.43. The van der Waals surface area contributed by atoms with Gasteiger partial charge in [0.05, 0.1) is 11.1 Å². The maximum absolute atomic E-state index is 12.6. The van der Waals surface area contributed by atoms with Crippen LogP contribution in [0, 0.1) is 11.7 Å². The van der Waals surface area contributed by atoms with E-state index >= 15 is 0 Å². The molecule has 132 valence electrons. The summed E-state index contributed by atoms with van der Waals surface area (Å²) in [6, 6.07) is 12.6. The van der Waals surface area contributed by atoms with Crippen molar-refractivity contribution in [2.24, 2.45) is 5.92 Å². The normalized spacial score (nSPS) is 17.8. The molecule has 0 spiro atoms. The Morgan fingerprint density at radius 3 is 2.64 bits per heavy atom. The molecule has 0 aliphatic heterocycles. The molecular weight excluding hydrogens is 343 g/mol. The van der Waals surface area contributed by atoms with E-state index in [1.807, 2.05) is 18.2 Å². The van der Waals surface area contributed by atoms with Gasteiger partial charge in [-0.25, -0.2) is 4.39 Å². The first-order valence-electron chi connectivity index (χ1n) is 7.92. The van der Waals surface area contributed by atoms with Crippen molar-refractivity contribution in [1.29, 1.82) is 0 Å².